The maximum Gasteiger partial charge on any atom is 0.225 e. The molecular weight excluding hydrogens is 577 g/mol. The zero-order valence-corrected chi connectivity index (χ0v) is 20.6. The van der Waals surface area contributed by atoms with Gasteiger partial charge in [0.15, 0.2) is 8.11 Å². The van der Waals surface area contributed by atoms with Gasteiger partial charge in [0.25, 0.3) is 0 Å². The van der Waals surface area contributed by atoms with Crippen LogP contribution >= 0.6 is 102 Å². The monoisotopic (exact) mass is 580 g/mol. The highest BCUT2D eigenvalue weighted by Gasteiger charge is 2.54. The summed E-state index contributed by atoms with van der Waals surface area (Å²) in [6.07, 6.45) is 0. The fraction of sp³-hybridized carbons (Fsp3) is 1.00. The van der Waals surface area contributed by atoms with E-state index in [2.05, 4.69) is 45.9 Å². The summed E-state index contributed by atoms with van der Waals surface area (Å²) in [4.78, 5) is 0. The third-order valence-corrected chi connectivity index (χ3v) is 48.6. The van der Waals surface area contributed by atoms with Crippen LogP contribution in [0.25, 0.3) is 0 Å². The van der Waals surface area contributed by atoms with Crippen LogP contribution in [0.15, 0.2) is 0 Å². The zero-order chi connectivity index (χ0) is 12.7. The molecule has 0 saturated carbocycles. The van der Waals surface area contributed by atoms with Crippen molar-refractivity contribution in [1.29, 1.82) is 0 Å². The van der Waals surface area contributed by atoms with Crippen LogP contribution in [0.5, 0.6) is 0 Å². The zero-order valence-electron chi connectivity index (χ0n) is 7.75. The molecule has 0 radical (unpaired) electrons. The summed E-state index contributed by atoms with van der Waals surface area (Å²) in [6, 6.07) is -2.84. The summed E-state index contributed by atoms with van der Waals surface area (Å²) in [5, 5.41) is 0. The Bertz CT molecular complexity index is 214. The normalized spacial score (nSPS) is 55.5. The molecule has 96 valence electrons. The summed E-state index contributed by atoms with van der Waals surface area (Å²) in [7, 11) is -2.14. The fourth-order valence-electron chi connectivity index (χ4n) is 1.26. The topological polar surface area (TPSA) is 0 Å². The molecule has 0 nitrogen and oxygen atoms in total. The Morgan fingerprint density at radius 1 is 1.00 bits per heavy atom. The lowest BCUT2D eigenvalue weighted by Gasteiger charge is -2.37. The van der Waals surface area contributed by atoms with E-state index < -0.39 is 27.5 Å². The van der Waals surface area contributed by atoms with Crippen molar-refractivity contribution in [3.05, 3.63) is 0 Å². The second kappa shape index (κ2) is 6.68. The molecule has 0 aromatic rings. The molecule has 0 bridgehead atoms. The summed E-state index contributed by atoms with van der Waals surface area (Å²) < 4.78 is 0.554. The third kappa shape index (κ3) is 4.94. The number of alkyl halides is 2. The first-order valence-electron chi connectivity index (χ1n) is 4.38. The fourth-order valence-corrected chi connectivity index (χ4v) is 66.5. The Hall–Kier alpha value is 3.76. The van der Waals surface area contributed by atoms with Gasteiger partial charge in [0.1, 0.15) is 7.42 Å². The van der Waals surface area contributed by atoms with Crippen LogP contribution in [0, 0.1) is 0 Å². The predicted molar refractivity (Wildman–Crippen MR) is 99.0 cm³/mol. The van der Waals surface area contributed by atoms with Crippen molar-refractivity contribution in [3.8, 4) is 0 Å². The van der Waals surface area contributed by atoms with E-state index in [-0.39, 0.29) is 9.25 Å². The van der Waals surface area contributed by atoms with E-state index in [9.17, 15) is 0 Å². The van der Waals surface area contributed by atoms with Gasteiger partial charge in [-0.2, -0.15) is 33.2 Å². The SMILES string of the molecule is ClC1[SiH](Cl)C(Cl)[SiH]1Br.Cl[Si]1(Br)C[Si](Cl)(Br)C1. The number of hydrogen-bond donors (Lipinski definition) is 0. The highest BCUT2D eigenvalue weighted by atomic mass is 79.9. The Morgan fingerprint density at radius 3 is 1.38 bits per heavy atom. The van der Waals surface area contributed by atoms with Crippen LogP contribution in [-0.2, 0) is 0 Å². The number of halogens is 8. The van der Waals surface area contributed by atoms with E-state index in [0.29, 0.717) is 0 Å². The second-order valence-corrected chi connectivity index (χ2v) is 39.9. The lowest BCUT2D eigenvalue weighted by molar-refractivity contribution is 1.52. The molecule has 2 unspecified atom stereocenters. The van der Waals surface area contributed by atoms with Gasteiger partial charge in [0, 0.05) is 9.25 Å². The van der Waals surface area contributed by atoms with Gasteiger partial charge in [-0.3, -0.25) is 0 Å². The van der Waals surface area contributed by atoms with Crippen molar-refractivity contribution < 1.29 is 0 Å². The van der Waals surface area contributed by atoms with Crippen LogP contribution in [-0.4, -0.2) is 36.8 Å². The molecule has 2 fully saturated rings. The maximum atomic E-state index is 5.96. The summed E-state index contributed by atoms with van der Waals surface area (Å²) in [6.45, 7) is 0. The first-order chi connectivity index (χ1) is 7.06. The molecule has 0 aliphatic carbocycles. The van der Waals surface area contributed by atoms with E-state index in [1.807, 2.05) is 0 Å². The molecule has 0 spiro atoms. The van der Waals surface area contributed by atoms with Crippen molar-refractivity contribution >= 4 is 130 Å². The summed E-state index contributed by atoms with van der Waals surface area (Å²) in [5.41, 5.74) is 2.09. The van der Waals surface area contributed by atoms with Gasteiger partial charge < -0.3 is 0 Å². The Balaban J connectivity index is 0.000000160. The van der Waals surface area contributed by atoms with E-state index in [0.717, 1.165) is 11.3 Å². The van der Waals surface area contributed by atoms with Crippen molar-refractivity contribution in [2.75, 3.05) is 0 Å². The number of hydrogen-bond acceptors (Lipinski definition) is 0. The molecule has 16 heavy (non-hydrogen) atoms. The first-order valence-corrected chi connectivity index (χ1v) is 24.2. The minimum Gasteiger partial charge on any atom is -0.169 e. The highest BCUT2D eigenvalue weighted by Crippen LogP contribution is 2.52. The van der Waals surface area contributed by atoms with Gasteiger partial charge in [-0.1, -0.05) is 0 Å². The minimum absolute atomic E-state index is 0.277. The Kier molecular flexibility index (Phi) is 7.43. The molecule has 2 heterocycles. The third-order valence-electron chi connectivity index (χ3n) is 2.25. The Labute approximate surface area is 148 Å². The van der Waals surface area contributed by atoms with Gasteiger partial charge in [-0.15, -0.1) is 69.1 Å². The maximum absolute atomic E-state index is 5.96. The van der Waals surface area contributed by atoms with Crippen molar-refractivity contribution in [2.24, 2.45) is 0 Å². The smallest absolute Gasteiger partial charge is 0.169 e. The van der Waals surface area contributed by atoms with Gasteiger partial charge in [0.2, 0.25) is 12.0 Å². The quantitative estimate of drug-likeness (QED) is 0.220. The second-order valence-electron chi connectivity index (χ2n) is 3.84. The molecule has 0 aromatic heterocycles. The minimum atomic E-state index is -1.42. The van der Waals surface area contributed by atoms with Gasteiger partial charge >= 0.3 is 0 Å². The lowest BCUT2D eigenvalue weighted by atomic mass is 11.7. The van der Waals surface area contributed by atoms with E-state index >= 15 is 0 Å². The molecule has 2 aliphatic heterocycles. The summed E-state index contributed by atoms with van der Waals surface area (Å²) >= 11 is 39.7. The molecule has 2 saturated heterocycles. The molecular formula is C4H8Br3Cl5Si4. The highest BCUT2D eigenvalue weighted by molar-refractivity contribution is 9.31. The van der Waals surface area contributed by atoms with Crippen molar-refractivity contribution in [2.45, 2.75) is 20.6 Å². The number of rotatable bonds is 0. The van der Waals surface area contributed by atoms with E-state index in [1.54, 1.807) is 0 Å². The van der Waals surface area contributed by atoms with Crippen molar-refractivity contribution in [3.63, 3.8) is 0 Å². The van der Waals surface area contributed by atoms with Crippen molar-refractivity contribution in [1.82, 2.24) is 0 Å². The lowest BCUT2D eigenvalue weighted by Crippen LogP contribution is -2.59. The first kappa shape index (κ1) is 17.8. The van der Waals surface area contributed by atoms with E-state index in [4.69, 9.17) is 56.4 Å². The van der Waals surface area contributed by atoms with Gasteiger partial charge in [0.05, 0.1) is 0 Å². The average molecular weight is 585 g/mol. The van der Waals surface area contributed by atoms with Crippen LogP contribution in [0.1, 0.15) is 0 Å². The van der Waals surface area contributed by atoms with Crippen LogP contribution in [0.4, 0.5) is 0 Å². The molecule has 0 N–H and O–H groups in total. The van der Waals surface area contributed by atoms with Crippen LogP contribution in [0.2, 0.25) is 11.3 Å². The van der Waals surface area contributed by atoms with Gasteiger partial charge in [-0.05, 0) is 11.3 Å². The Morgan fingerprint density at radius 2 is 1.31 bits per heavy atom. The molecule has 0 amide bonds. The van der Waals surface area contributed by atoms with Crippen LogP contribution in [0.3, 0.4) is 0 Å². The van der Waals surface area contributed by atoms with Crippen LogP contribution < -0.4 is 0 Å². The molecule has 2 aliphatic rings. The van der Waals surface area contributed by atoms with E-state index in [1.165, 1.54) is 0 Å². The van der Waals surface area contributed by atoms with Gasteiger partial charge in [-0.25, -0.2) is 0 Å². The standard InChI is InChI=1S/C2H4Br2Cl2Si2.C2H4BrCl3Si2/c3-7(5)1-8(4,6)2-7;3-7-1(4)8(6)2(7)5/h1-2H2;1-2,7-8H. The average Bonchev–Trinajstić information content (AvgIpc) is 2.11. The molecule has 12 heteroatoms. The molecule has 0 aromatic carbocycles. The molecule has 2 atom stereocenters. The predicted octanol–water partition coefficient (Wildman–Crippen LogP) is 4.68. The largest absolute Gasteiger partial charge is 0.225 e. The summed E-state index contributed by atoms with van der Waals surface area (Å²) in [5.74, 6) is 0. The molecule has 2 rings (SSSR count).